The summed E-state index contributed by atoms with van der Waals surface area (Å²) in [6.07, 6.45) is 4.36. The molecule has 1 N–H and O–H groups in total. The van der Waals surface area contributed by atoms with E-state index >= 15 is 0 Å². The second-order valence-electron chi connectivity index (χ2n) is 6.99. The van der Waals surface area contributed by atoms with Crippen molar-refractivity contribution in [2.75, 3.05) is 0 Å². The molecule has 0 aliphatic heterocycles. The topological polar surface area (TPSA) is 68.4 Å². The van der Waals surface area contributed by atoms with Crippen molar-refractivity contribution in [2.45, 2.75) is 52.1 Å². The smallest absolute Gasteiger partial charge is 0.291 e. The largest absolute Gasteiger partial charge is 0.352 e. The van der Waals surface area contributed by atoms with Gasteiger partial charge in [0.25, 0.3) is 5.56 Å². The van der Waals surface area contributed by atoms with Crippen LogP contribution < -0.4 is 10.9 Å². The van der Waals surface area contributed by atoms with Crippen molar-refractivity contribution in [3.8, 4) is 0 Å². The molecule has 0 atom stereocenters. The fourth-order valence-electron chi connectivity index (χ4n) is 3.82. The van der Waals surface area contributed by atoms with E-state index in [1.165, 1.54) is 4.68 Å². The van der Waals surface area contributed by atoms with Gasteiger partial charge >= 0.3 is 0 Å². The van der Waals surface area contributed by atoms with E-state index in [9.17, 15) is 9.59 Å². The Labute approximate surface area is 145 Å². The van der Waals surface area contributed by atoms with Crippen LogP contribution in [0, 0.1) is 13.8 Å². The number of amides is 1. The Kier molecular flexibility index (Phi) is 3.82. The Bertz CT molecular complexity index is 1030. The lowest BCUT2D eigenvalue weighted by atomic mass is 10.2. The van der Waals surface area contributed by atoms with E-state index in [4.69, 9.17) is 0 Å². The van der Waals surface area contributed by atoms with Crippen LogP contribution >= 0.6 is 0 Å². The molecule has 2 aromatic heterocycles. The van der Waals surface area contributed by atoms with Gasteiger partial charge in [-0.25, -0.2) is 4.68 Å². The normalized spacial score (nSPS) is 15.3. The summed E-state index contributed by atoms with van der Waals surface area (Å²) in [5.41, 5.74) is 2.43. The number of aryl methyl sites for hydroxylation is 2. The molecule has 3 aromatic rings. The predicted molar refractivity (Wildman–Crippen MR) is 96.8 cm³/mol. The van der Waals surface area contributed by atoms with Crippen LogP contribution in [0.1, 0.15) is 37.1 Å². The number of benzene rings is 1. The van der Waals surface area contributed by atoms with E-state index in [0.717, 1.165) is 42.1 Å². The minimum atomic E-state index is -0.235. The maximum absolute atomic E-state index is 12.8. The minimum Gasteiger partial charge on any atom is -0.352 e. The Morgan fingerprint density at radius 1 is 1.20 bits per heavy atom. The first kappa shape index (κ1) is 15.9. The Hall–Kier alpha value is -2.63. The SMILES string of the molecule is Cc1ccc2c(c1)cc1c(=O)n(CC(=O)NC3CCCC3)nc(C)n12. The third-order valence-corrected chi connectivity index (χ3v) is 5.01. The average molecular weight is 338 g/mol. The third-order valence-electron chi connectivity index (χ3n) is 5.01. The van der Waals surface area contributed by atoms with Crippen LogP contribution in [0.2, 0.25) is 0 Å². The second kappa shape index (κ2) is 6.02. The van der Waals surface area contributed by atoms with Crippen molar-refractivity contribution in [2.24, 2.45) is 0 Å². The van der Waals surface area contributed by atoms with Gasteiger partial charge in [-0.1, -0.05) is 24.5 Å². The first-order valence-electron chi connectivity index (χ1n) is 8.82. The molecule has 1 saturated carbocycles. The van der Waals surface area contributed by atoms with E-state index in [2.05, 4.69) is 16.5 Å². The van der Waals surface area contributed by atoms with Crippen molar-refractivity contribution >= 4 is 22.3 Å². The fraction of sp³-hybridized carbons (Fsp3) is 0.421. The molecule has 4 rings (SSSR count). The van der Waals surface area contributed by atoms with Crippen LogP contribution in [-0.2, 0) is 11.3 Å². The molecule has 25 heavy (non-hydrogen) atoms. The van der Waals surface area contributed by atoms with Gasteiger partial charge in [-0.3, -0.25) is 14.0 Å². The standard InChI is InChI=1S/C19H22N4O2/c1-12-7-8-16-14(9-12)10-17-19(25)22(21-13(2)23(16)17)11-18(24)20-15-5-3-4-6-15/h7-10,15H,3-6,11H2,1-2H3,(H,20,24). The molecule has 1 aromatic carbocycles. The number of carbonyl (C=O) groups is 1. The Morgan fingerprint density at radius 3 is 2.72 bits per heavy atom. The van der Waals surface area contributed by atoms with E-state index in [0.29, 0.717) is 11.3 Å². The highest BCUT2D eigenvalue weighted by Gasteiger charge is 2.19. The predicted octanol–water partition coefficient (Wildman–Crippen LogP) is 2.32. The van der Waals surface area contributed by atoms with Crippen LogP contribution in [0.5, 0.6) is 0 Å². The van der Waals surface area contributed by atoms with Gasteiger partial charge in [-0.15, -0.1) is 0 Å². The molecule has 1 amide bonds. The molecule has 0 radical (unpaired) electrons. The van der Waals surface area contributed by atoms with Crippen LogP contribution in [0.3, 0.4) is 0 Å². The zero-order chi connectivity index (χ0) is 17.6. The maximum Gasteiger partial charge on any atom is 0.291 e. The van der Waals surface area contributed by atoms with Gasteiger partial charge in [0.05, 0.1) is 5.52 Å². The van der Waals surface area contributed by atoms with Crippen LogP contribution in [0.15, 0.2) is 29.1 Å². The summed E-state index contributed by atoms with van der Waals surface area (Å²) in [5, 5.41) is 8.39. The molecule has 0 spiro atoms. The van der Waals surface area contributed by atoms with E-state index in [1.54, 1.807) is 0 Å². The van der Waals surface area contributed by atoms with E-state index in [1.807, 2.05) is 36.4 Å². The number of nitrogens with zero attached hydrogens (tertiary/aromatic N) is 3. The molecule has 0 saturated heterocycles. The van der Waals surface area contributed by atoms with Crippen LogP contribution in [0.25, 0.3) is 16.4 Å². The number of hydrogen-bond donors (Lipinski definition) is 1. The zero-order valence-corrected chi connectivity index (χ0v) is 14.6. The highest BCUT2D eigenvalue weighted by Crippen LogP contribution is 2.20. The molecule has 6 nitrogen and oxygen atoms in total. The van der Waals surface area contributed by atoms with Gasteiger partial charge in [0.1, 0.15) is 17.9 Å². The monoisotopic (exact) mass is 338 g/mol. The molecule has 130 valence electrons. The number of hydrogen-bond acceptors (Lipinski definition) is 3. The van der Waals surface area contributed by atoms with Crippen molar-refractivity contribution in [1.82, 2.24) is 19.5 Å². The molecule has 6 heteroatoms. The second-order valence-corrected chi connectivity index (χ2v) is 6.99. The average Bonchev–Trinajstić information content (AvgIpc) is 3.19. The first-order chi connectivity index (χ1) is 12.0. The van der Waals surface area contributed by atoms with Gasteiger partial charge in [-0.2, -0.15) is 5.10 Å². The summed E-state index contributed by atoms with van der Waals surface area (Å²) in [7, 11) is 0. The summed E-state index contributed by atoms with van der Waals surface area (Å²) in [5.74, 6) is 0.555. The van der Waals surface area contributed by atoms with Crippen molar-refractivity contribution in [3.05, 3.63) is 46.0 Å². The summed E-state index contributed by atoms with van der Waals surface area (Å²) in [4.78, 5) is 25.1. The number of rotatable bonds is 3. The van der Waals surface area contributed by atoms with Crippen molar-refractivity contribution in [1.29, 1.82) is 0 Å². The summed E-state index contributed by atoms with van der Waals surface area (Å²) < 4.78 is 3.14. The van der Waals surface area contributed by atoms with Gasteiger partial charge in [0.15, 0.2) is 0 Å². The fourth-order valence-corrected chi connectivity index (χ4v) is 3.82. The lowest BCUT2D eigenvalue weighted by Gasteiger charge is -2.13. The molecular formula is C19H22N4O2. The third kappa shape index (κ3) is 2.81. The van der Waals surface area contributed by atoms with Crippen LogP contribution in [-0.4, -0.2) is 26.1 Å². The highest BCUT2D eigenvalue weighted by molar-refractivity contribution is 5.87. The molecule has 1 aliphatic rings. The molecule has 0 unspecified atom stereocenters. The first-order valence-corrected chi connectivity index (χ1v) is 8.82. The quantitative estimate of drug-likeness (QED) is 0.797. The van der Waals surface area contributed by atoms with Crippen molar-refractivity contribution < 1.29 is 4.79 Å². The lowest BCUT2D eigenvalue weighted by molar-refractivity contribution is -0.122. The molecule has 0 bridgehead atoms. The van der Waals surface area contributed by atoms with Crippen LogP contribution in [0.4, 0.5) is 0 Å². The summed E-state index contributed by atoms with van der Waals surface area (Å²) >= 11 is 0. The van der Waals surface area contributed by atoms with Gasteiger partial charge in [-0.05, 0) is 44.9 Å². The summed E-state index contributed by atoms with van der Waals surface area (Å²) in [6, 6.07) is 8.20. The maximum atomic E-state index is 12.8. The van der Waals surface area contributed by atoms with Gasteiger partial charge in [0, 0.05) is 11.4 Å². The molecular weight excluding hydrogens is 316 g/mol. The van der Waals surface area contributed by atoms with E-state index in [-0.39, 0.29) is 24.1 Å². The Morgan fingerprint density at radius 2 is 1.96 bits per heavy atom. The van der Waals surface area contributed by atoms with Gasteiger partial charge < -0.3 is 5.32 Å². The molecule has 2 heterocycles. The number of fused-ring (bicyclic) bond motifs is 3. The minimum absolute atomic E-state index is 0.0345. The Balaban J connectivity index is 1.72. The molecule has 1 fully saturated rings. The van der Waals surface area contributed by atoms with Gasteiger partial charge in [0.2, 0.25) is 5.91 Å². The summed E-state index contributed by atoms with van der Waals surface area (Å²) in [6.45, 7) is 3.85. The van der Waals surface area contributed by atoms with Crippen molar-refractivity contribution in [3.63, 3.8) is 0 Å². The zero-order valence-electron chi connectivity index (χ0n) is 14.6. The number of nitrogens with one attached hydrogen (secondary N) is 1. The molecule has 1 aliphatic carbocycles. The highest BCUT2D eigenvalue weighted by atomic mass is 16.2. The number of aromatic nitrogens is 3. The number of carbonyl (C=O) groups excluding carboxylic acids is 1. The lowest BCUT2D eigenvalue weighted by Crippen LogP contribution is -2.38. The van der Waals surface area contributed by atoms with E-state index < -0.39 is 0 Å².